The third-order valence-corrected chi connectivity index (χ3v) is 0.129. The zero-order chi connectivity index (χ0) is 3.41. The predicted molar refractivity (Wildman–Crippen MR) is 28.6 cm³/mol. The standard InChI is InChI=1S/C3H6O.Sn.4H/c1-2-3-4;;;;;/h2,4H,1,3H2;;;;;. The monoisotopic (exact) mass is 182 g/mol. The van der Waals surface area contributed by atoms with E-state index in [1.54, 1.807) is 0 Å². The molecule has 0 aromatic carbocycles. The minimum absolute atomic E-state index is 0. The van der Waals surface area contributed by atoms with Crippen molar-refractivity contribution in [2.45, 2.75) is 0 Å². The van der Waals surface area contributed by atoms with Gasteiger partial charge in [0.25, 0.3) is 0 Å². The SMILES string of the molecule is C=CCO.[SnH4]. The summed E-state index contributed by atoms with van der Waals surface area (Å²) in [5.74, 6) is 0. The summed E-state index contributed by atoms with van der Waals surface area (Å²) in [5, 5.41) is 7.76. The van der Waals surface area contributed by atoms with E-state index in [0.717, 1.165) is 0 Å². The van der Waals surface area contributed by atoms with Crippen LogP contribution in [0, 0.1) is 0 Å². The first-order chi connectivity index (χ1) is 1.91. The van der Waals surface area contributed by atoms with Gasteiger partial charge in [0.1, 0.15) is 0 Å². The average Bonchev–Trinajstić information content (AvgIpc) is 1.37. The van der Waals surface area contributed by atoms with Gasteiger partial charge in [0.05, 0.1) is 6.61 Å². The maximum atomic E-state index is 7.76. The van der Waals surface area contributed by atoms with Crippen molar-refractivity contribution in [2.75, 3.05) is 6.61 Å². The van der Waals surface area contributed by atoms with Gasteiger partial charge in [-0.2, -0.15) is 0 Å². The van der Waals surface area contributed by atoms with Gasteiger partial charge >= 0.3 is 23.9 Å². The van der Waals surface area contributed by atoms with Gasteiger partial charge in [-0.3, -0.25) is 0 Å². The molecule has 0 radical (unpaired) electrons. The number of rotatable bonds is 1. The molecule has 0 amide bonds. The molecule has 0 saturated heterocycles. The Morgan fingerprint density at radius 3 is 2.00 bits per heavy atom. The Morgan fingerprint density at radius 1 is 1.80 bits per heavy atom. The molecule has 0 aromatic heterocycles. The van der Waals surface area contributed by atoms with Gasteiger partial charge in [-0.1, -0.05) is 6.08 Å². The van der Waals surface area contributed by atoms with E-state index >= 15 is 0 Å². The summed E-state index contributed by atoms with van der Waals surface area (Å²) in [5.41, 5.74) is 0. The third-order valence-electron chi connectivity index (χ3n) is 0.129. The average molecular weight is 181 g/mol. The second kappa shape index (κ2) is 8.82. The molecule has 0 rings (SSSR count). The van der Waals surface area contributed by atoms with Crippen molar-refractivity contribution in [3.8, 4) is 0 Å². The van der Waals surface area contributed by atoms with Gasteiger partial charge in [0, 0.05) is 0 Å². The second-order valence-corrected chi connectivity index (χ2v) is 0.471. The molecule has 0 spiro atoms. The zero-order valence-corrected chi connectivity index (χ0v) is 2.44. The molecule has 0 aliphatic heterocycles. The summed E-state index contributed by atoms with van der Waals surface area (Å²) in [6.45, 7) is 3.31. The van der Waals surface area contributed by atoms with E-state index < -0.39 is 0 Å². The first kappa shape index (κ1) is 9.09. The summed E-state index contributed by atoms with van der Waals surface area (Å²) >= 11 is 0. The maximum absolute atomic E-state index is 7.76. The van der Waals surface area contributed by atoms with Crippen LogP contribution < -0.4 is 0 Å². The molecule has 0 bridgehead atoms. The van der Waals surface area contributed by atoms with Crippen molar-refractivity contribution in [3.05, 3.63) is 12.7 Å². The fourth-order valence-electron chi connectivity index (χ4n) is 0. The van der Waals surface area contributed by atoms with Crippen LogP contribution in [0.4, 0.5) is 0 Å². The van der Waals surface area contributed by atoms with Crippen LogP contribution in [0.2, 0.25) is 0 Å². The number of hydrogen-bond donors (Lipinski definition) is 1. The van der Waals surface area contributed by atoms with Crippen LogP contribution in [-0.2, 0) is 0 Å². The summed E-state index contributed by atoms with van der Waals surface area (Å²) in [7, 11) is 0. The van der Waals surface area contributed by atoms with Gasteiger partial charge in [-0.05, 0) is 0 Å². The molecular formula is C3H10OSn. The molecule has 1 N–H and O–H groups in total. The molecule has 32 valence electrons. The molecular weight excluding hydrogens is 171 g/mol. The molecule has 0 aliphatic carbocycles. The molecule has 0 atom stereocenters. The number of aliphatic hydroxyl groups is 1. The molecule has 0 saturated carbocycles. The number of aliphatic hydroxyl groups excluding tert-OH is 1. The molecule has 0 heterocycles. The second-order valence-electron chi connectivity index (χ2n) is 0.471. The summed E-state index contributed by atoms with van der Waals surface area (Å²) in [6.07, 6.45) is 1.43. The molecule has 2 heteroatoms. The molecule has 0 fully saturated rings. The Bertz CT molecular complexity index is 20.9. The summed E-state index contributed by atoms with van der Waals surface area (Å²) < 4.78 is 0. The summed E-state index contributed by atoms with van der Waals surface area (Å²) in [6, 6.07) is 0. The van der Waals surface area contributed by atoms with Gasteiger partial charge in [0.2, 0.25) is 0 Å². The molecule has 1 nitrogen and oxygen atoms in total. The molecule has 0 aromatic rings. The van der Waals surface area contributed by atoms with E-state index in [1.165, 1.54) is 6.08 Å². The zero-order valence-electron chi connectivity index (χ0n) is 2.44. The Labute approximate surface area is 48.7 Å². The van der Waals surface area contributed by atoms with Gasteiger partial charge < -0.3 is 5.11 Å². The van der Waals surface area contributed by atoms with Gasteiger partial charge in [-0.15, -0.1) is 6.58 Å². The van der Waals surface area contributed by atoms with Crippen molar-refractivity contribution < 1.29 is 5.11 Å². The van der Waals surface area contributed by atoms with Crippen LogP contribution in [0.3, 0.4) is 0 Å². The van der Waals surface area contributed by atoms with E-state index in [-0.39, 0.29) is 30.5 Å². The molecule has 5 heavy (non-hydrogen) atoms. The van der Waals surface area contributed by atoms with E-state index in [1.807, 2.05) is 0 Å². The van der Waals surface area contributed by atoms with Crippen LogP contribution in [0.25, 0.3) is 0 Å². The van der Waals surface area contributed by atoms with Crippen LogP contribution >= 0.6 is 0 Å². The van der Waals surface area contributed by atoms with Crippen molar-refractivity contribution in [1.29, 1.82) is 0 Å². The van der Waals surface area contributed by atoms with Gasteiger partial charge in [0.15, 0.2) is 0 Å². The predicted octanol–water partition coefficient (Wildman–Crippen LogP) is -1.29. The van der Waals surface area contributed by atoms with Crippen LogP contribution in [-0.4, -0.2) is 35.6 Å². The van der Waals surface area contributed by atoms with Crippen LogP contribution in [0.1, 0.15) is 0 Å². The van der Waals surface area contributed by atoms with Crippen LogP contribution in [0.5, 0.6) is 0 Å². The van der Waals surface area contributed by atoms with Crippen molar-refractivity contribution >= 4 is 23.9 Å². The van der Waals surface area contributed by atoms with Crippen LogP contribution in [0.15, 0.2) is 12.7 Å². The molecule has 0 aliphatic rings. The first-order valence-electron chi connectivity index (χ1n) is 1.13. The van der Waals surface area contributed by atoms with Crippen molar-refractivity contribution in [3.63, 3.8) is 0 Å². The van der Waals surface area contributed by atoms with Crippen molar-refractivity contribution in [2.24, 2.45) is 0 Å². The van der Waals surface area contributed by atoms with Crippen molar-refractivity contribution in [1.82, 2.24) is 0 Å². The number of hydrogen-bond acceptors (Lipinski definition) is 1. The first-order valence-corrected chi connectivity index (χ1v) is 1.13. The topological polar surface area (TPSA) is 20.2 Å². The van der Waals surface area contributed by atoms with E-state index in [2.05, 4.69) is 6.58 Å². The quantitative estimate of drug-likeness (QED) is 0.394. The third kappa shape index (κ3) is 12.5. The Balaban J connectivity index is 0. The Morgan fingerprint density at radius 2 is 2.00 bits per heavy atom. The fraction of sp³-hybridized carbons (Fsp3) is 0.333. The minimum atomic E-state index is 0. The van der Waals surface area contributed by atoms with E-state index in [4.69, 9.17) is 5.11 Å². The molecule has 0 unspecified atom stereocenters. The normalized spacial score (nSPS) is 5.00. The Hall–Kier alpha value is 0.499. The van der Waals surface area contributed by atoms with E-state index in [9.17, 15) is 0 Å². The van der Waals surface area contributed by atoms with Gasteiger partial charge in [-0.25, -0.2) is 0 Å². The summed E-state index contributed by atoms with van der Waals surface area (Å²) in [4.78, 5) is 0. The van der Waals surface area contributed by atoms with E-state index in [0.29, 0.717) is 0 Å². The fourth-order valence-corrected chi connectivity index (χ4v) is 0. The Kier molecular flexibility index (Phi) is 16.0.